The highest BCUT2D eigenvalue weighted by Crippen LogP contribution is 2.24. The maximum atomic E-state index is 12.9. The van der Waals surface area contributed by atoms with Gasteiger partial charge in [0.15, 0.2) is 0 Å². The third kappa shape index (κ3) is 3.04. The normalized spacial score (nSPS) is 11.8. The molecule has 2 N–H and O–H groups in total. The van der Waals surface area contributed by atoms with E-state index < -0.39 is 18.9 Å². The summed E-state index contributed by atoms with van der Waals surface area (Å²) in [6.45, 7) is -0.729. The zero-order chi connectivity index (χ0) is 10.8. The summed E-state index contributed by atoms with van der Waals surface area (Å²) in [4.78, 5) is 3.71. The summed E-state index contributed by atoms with van der Waals surface area (Å²) in [5, 5.41) is 0.445. The van der Waals surface area contributed by atoms with E-state index in [-0.39, 0.29) is 10.7 Å². The Hall–Kier alpha value is -0.450. The highest BCUT2D eigenvalue weighted by atomic mass is 35.5. The Kier molecular flexibility index (Phi) is 3.64. The molecule has 0 bridgehead atoms. The quantitative estimate of drug-likeness (QED) is 0.882. The molecule has 0 spiro atoms. The van der Waals surface area contributed by atoms with Gasteiger partial charge in [0.05, 0.1) is 28.7 Å². The second kappa shape index (κ2) is 4.38. The topological polar surface area (TPSA) is 38.9 Å². The van der Waals surface area contributed by atoms with Crippen LogP contribution in [0.25, 0.3) is 0 Å². The van der Waals surface area contributed by atoms with Crippen molar-refractivity contribution in [3.8, 4) is 0 Å². The molecule has 0 saturated carbocycles. The molecule has 0 aliphatic carbocycles. The number of nitrogens with two attached hydrogens (primary N) is 1. The van der Waals surface area contributed by atoms with E-state index in [0.717, 1.165) is 0 Å². The average Bonchev–Trinajstić information content (AvgIpc) is 2.10. The maximum absolute atomic E-state index is 12.9. The molecule has 0 fully saturated rings. The van der Waals surface area contributed by atoms with Crippen molar-refractivity contribution in [2.45, 2.75) is 12.3 Å². The van der Waals surface area contributed by atoms with Gasteiger partial charge < -0.3 is 5.73 Å². The minimum Gasteiger partial charge on any atom is -0.325 e. The highest BCUT2D eigenvalue weighted by molar-refractivity contribution is 6.34. The first-order chi connectivity index (χ1) is 6.44. The van der Waals surface area contributed by atoms with E-state index in [1.54, 1.807) is 0 Å². The number of alkyl halides is 2. The number of hydrogen-bond acceptors (Lipinski definition) is 2. The summed E-state index contributed by atoms with van der Waals surface area (Å²) in [6.07, 6.45) is 0.703. The SMILES string of the molecule is NCC(F)(F)Cc1ncc(Cl)cc1Cl. The van der Waals surface area contributed by atoms with Crippen molar-refractivity contribution in [3.05, 3.63) is 28.0 Å². The Morgan fingerprint density at radius 3 is 2.57 bits per heavy atom. The first kappa shape index (κ1) is 11.6. The van der Waals surface area contributed by atoms with Gasteiger partial charge in [0, 0.05) is 6.20 Å². The van der Waals surface area contributed by atoms with Crippen LogP contribution in [0.5, 0.6) is 0 Å². The fraction of sp³-hybridized carbons (Fsp3) is 0.375. The first-order valence-corrected chi connectivity index (χ1v) is 4.58. The van der Waals surface area contributed by atoms with Gasteiger partial charge in [-0.05, 0) is 6.07 Å². The number of hydrogen-bond donors (Lipinski definition) is 1. The van der Waals surface area contributed by atoms with Gasteiger partial charge in [-0.15, -0.1) is 0 Å². The molecule has 1 rings (SSSR count). The Balaban J connectivity index is 2.87. The Labute approximate surface area is 90.0 Å². The van der Waals surface area contributed by atoms with Crippen molar-refractivity contribution in [1.82, 2.24) is 4.98 Å². The summed E-state index contributed by atoms with van der Waals surface area (Å²) < 4.78 is 25.7. The summed E-state index contributed by atoms with van der Waals surface area (Å²) in [5.74, 6) is -2.98. The number of pyridine rings is 1. The minimum atomic E-state index is -2.98. The van der Waals surface area contributed by atoms with Crippen molar-refractivity contribution in [3.63, 3.8) is 0 Å². The van der Waals surface area contributed by atoms with Gasteiger partial charge in [-0.2, -0.15) is 0 Å². The summed E-state index contributed by atoms with van der Waals surface area (Å²) in [5.41, 5.74) is 4.99. The smallest absolute Gasteiger partial charge is 0.265 e. The Morgan fingerprint density at radius 2 is 2.07 bits per heavy atom. The lowest BCUT2D eigenvalue weighted by molar-refractivity contribution is 0.0106. The van der Waals surface area contributed by atoms with Crippen molar-refractivity contribution >= 4 is 23.2 Å². The van der Waals surface area contributed by atoms with Crippen LogP contribution < -0.4 is 5.73 Å². The molecule has 2 nitrogen and oxygen atoms in total. The van der Waals surface area contributed by atoms with Crippen LogP contribution in [0.3, 0.4) is 0 Å². The molecule has 0 radical (unpaired) electrons. The van der Waals surface area contributed by atoms with Crippen LogP contribution in [0.2, 0.25) is 10.0 Å². The molecular weight excluding hydrogens is 233 g/mol. The van der Waals surface area contributed by atoms with E-state index in [0.29, 0.717) is 5.02 Å². The zero-order valence-electron chi connectivity index (χ0n) is 7.11. The Bertz CT molecular complexity index is 331. The average molecular weight is 241 g/mol. The minimum absolute atomic E-state index is 0.103. The molecule has 0 aliphatic heterocycles. The van der Waals surface area contributed by atoms with Crippen LogP contribution in [-0.2, 0) is 6.42 Å². The molecule has 14 heavy (non-hydrogen) atoms. The number of rotatable bonds is 3. The lowest BCUT2D eigenvalue weighted by Gasteiger charge is -2.13. The van der Waals surface area contributed by atoms with Gasteiger partial charge in [-0.1, -0.05) is 23.2 Å². The molecule has 1 heterocycles. The highest BCUT2D eigenvalue weighted by Gasteiger charge is 2.28. The number of halogens is 4. The molecule has 0 amide bonds. The zero-order valence-corrected chi connectivity index (χ0v) is 8.62. The van der Waals surface area contributed by atoms with Crippen LogP contribution in [0.4, 0.5) is 8.78 Å². The molecule has 0 unspecified atom stereocenters. The van der Waals surface area contributed by atoms with E-state index in [2.05, 4.69) is 4.98 Å². The monoisotopic (exact) mass is 240 g/mol. The van der Waals surface area contributed by atoms with Crippen LogP contribution in [0.1, 0.15) is 5.69 Å². The van der Waals surface area contributed by atoms with Crippen molar-refractivity contribution < 1.29 is 8.78 Å². The first-order valence-electron chi connectivity index (χ1n) is 3.82. The molecule has 6 heteroatoms. The van der Waals surface area contributed by atoms with E-state index >= 15 is 0 Å². The largest absolute Gasteiger partial charge is 0.325 e. The maximum Gasteiger partial charge on any atom is 0.265 e. The Morgan fingerprint density at radius 1 is 1.43 bits per heavy atom. The van der Waals surface area contributed by atoms with Crippen molar-refractivity contribution in [2.75, 3.05) is 6.54 Å². The van der Waals surface area contributed by atoms with Gasteiger partial charge in [-0.3, -0.25) is 4.98 Å². The molecule has 0 aromatic carbocycles. The van der Waals surface area contributed by atoms with Gasteiger partial charge in [0.25, 0.3) is 5.92 Å². The van der Waals surface area contributed by atoms with Crippen LogP contribution >= 0.6 is 23.2 Å². The predicted molar refractivity (Wildman–Crippen MR) is 52.0 cm³/mol. The summed E-state index contributed by atoms with van der Waals surface area (Å²) >= 11 is 11.2. The van der Waals surface area contributed by atoms with Gasteiger partial charge in [0.2, 0.25) is 0 Å². The van der Waals surface area contributed by atoms with Crippen LogP contribution in [-0.4, -0.2) is 17.5 Å². The fourth-order valence-corrected chi connectivity index (χ4v) is 1.34. The number of nitrogens with zero attached hydrogens (tertiary/aromatic N) is 1. The molecule has 0 aliphatic rings. The summed E-state index contributed by atoms with van der Waals surface area (Å²) in [6, 6.07) is 1.37. The predicted octanol–water partition coefficient (Wildman–Crippen LogP) is 2.52. The fourth-order valence-electron chi connectivity index (χ4n) is 0.890. The van der Waals surface area contributed by atoms with Crippen LogP contribution in [0.15, 0.2) is 12.3 Å². The molecule has 1 aromatic rings. The second-order valence-electron chi connectivity index (χ2n) is 2.82. The molecule has 0 atom stereocenters. The molecule has 1 aromatic heterocycles. The van der Waals surface area contributed by atoms with E-state index in [4.69, 9.17) is 28.9 Å². The van der Waals surface area contributed by atoms with E-state index in [1.165, 1.54) is 12.3 Å². The lowest BCUT2D eigenvalue weighted by Crippen LogP contribution is -2.30. The molecule has 0 saturated heterocycles. The van der Waals surface area contributed by atoms with Crippen molar-refractivity contribution in [2.24, 2.45) is 5.73 Å². The third-order valence-electron chi connectivity index (χ3n) is 1.61. The van der Waals surface area contributed by atoms with Gasteiger partial charge in [0.1, 0.15) is 0 Å². The lowest BCUT2D eigenvalue weighted by atomic mass is 10.1. The molecular formula is C8H8Cl2F2N2. The molecule has 78 valence electrons. The standard InChI is InChI=1S/C8H8Cl2F2N2/c9-5-1-6(10)7(14-3-5)2-8(11,12)4-13/h1,3H,2,4,13H2. The van der Waals surface area contributed by atoms with Gasteiger partial charge in [-0.25, -0.2) is 8.78 Å². The second-order valence-corrected chi connectivity index (χ2v) is 3.66. The number of aromatic nitrogens is 1. The van der Waals surface area contributed by atoms with Crippen molar-refractivity contribution in [1.29, 1.82) is 0 Å². The van der Waals surface area contributed by atoms with E-state index in [9.17, 15) is 8.78 Å². The van der Waals surface area contributed by atoms with Gasteiger partial charge >= 0.3 is 0 Å². The third-order valence-corrected chi connectivity index (χ3v) is 2.14. The van der Waals surface area contributed by atoms with E-state index in [1.807, 2.05) is 0 Å². The van der Waals surface area contributed by atoms with Crippen LogP contribution in [0, 0.1) is 0 Å². The summed E-state index contributed by atoms with van der Waals surface area (Å²) in [7, 11) is 0.